The molecule has 1 fully saturated rings. The normalized spacial score (nSPS) is 22.0. The van der Waals surface area contributed by atoms with Crippen molar-refractivity contribution in [1.29, 1.82) is 0 Å². The lowest BCUT2D eigenvalue weighted by molar-refractivity contribution is -0.242. The predicted molar refractivity (Wildman–Crippen MR) is 139 cm³/mol. The highest BCUT2D eigenvalue weighted by atomic mass is 16.7. The minimum Gasteiger partial charge on any atom is -0.467 e. The second-order valence-electron chi connectivity index (χ2n) is 9.07. The van der Waals surface area contributed by atoms with E-state index < -0.39 is 72.3 Å². The fourth-order valence-electron chi connectivity index (χ4n) is 4.09. The molecule has 1 aliphatic rings. The van der Waals surface area contributed by atoms with Crippen LogP contribution in [0.5, 0.6) is 0 Å². The summed E-state index contributed by atoms with van der Waals surface area (Å²) < 4.78 is 32.0. The first-order valence-electron chi connectivity index (χ1n) is 12.6. The molecule has 13 heteroatoms. The smallest absolute Gasteiger partial charge is 0.328 e. The molecular weight excluding hydrogens is 542 g/mol. The molecule has 0 bridgehead atoms. The van der Waals surface area contributed by atoms with Crippen molar-refractivity contribution in [3.05, 3.63) is 35.4 Å². The van der Waals surface area contributed by atoms with Gasteiger partial charge in [-0.1, -0.05) is 24.0 Å². The van der Waals surface area contributed by atoms with Crippen LogP contribution in [0.4, 0.5) is 0 Å². The van der Waals surface area contributed by atoms with Crippen LogP contribution in [0.15, 0.2) is 24.3 Å². The van der Waals surface area contributed by atoms with Crippen molar-refractivity contribution < 1.29 is 57.2 Å². The number of nitrogens with one attached hydrogen (secondary N) is 1. The van der Waals surface area contributed by atoms with Gasteiger partial charge in [0, 0.05) is 46.6 Å². The van der Waals surface area contributed by atoms with Crippen molar-refractivity contribution in [1.82, 2.24) is 5.32 Å². The van der Waals surface area contributed by atoms with Crippen LogP contribution in [-0.2, 0) is 63.6 Å². The van der Waals surface area contributed by atoms with E-state index in [4.69, 9.17) is 28.4 Å². The number of methoxy groups -OCH3 is 1. The van der Waals surface area contributed by atoms with Crippen LogP contribution in [0, 0.1) is 11.8 Å². The van der Waals surface area contributed by atoms with E-state index in [0.717, 1.165) is 20.8 Å². The third kappa shape index (κ3) is 10.6. The third-order valence-electron chi connectivity index (χ3n) is 5.58. The molecule has 41 heavy (non-hydrogen) atoms. The van der Waals surface area contributed by atoms with Crippen molar-refractivity contribution in [2.45, 2.75) is 77.6 Å². The molecular formula is C28H33NO12. The topological polar surface area (TPSA) is 170 Å². The molecule has 13 nitrogen and oxygen atoms in total. The molecule has 0 aliphatic carbocycles. The number of hydrogen-bond donors (Lipinski definition) is 1. The maximum atomic E-state index is 12.1. The number of rotatable bonds is 9. The SMILES string of the molecule is COC(=O)[C@@H](Cc1cccc(C#C[C@@H]2O[C@H](COC(C)=O)[C@@H](OC(C)=O)[C@H](OC(C)=O)[C@@H]2OC(C)=O)c1)NC(C)=O. The van der Waals surface area contributed by atoms with E-state index in [1.54, 1.807) is 24.3 Å². The van der Waals surface area contributed by atoms with E-state index in [9.17, 15) is 28.8 Å². The van der Waals surface area contributed by atoms with E-state index in [0.29, 0.717) is 11.1 Å². The number of amides is 1. The van der Waals surface area contributed by atoms with Crippen LogP contribution < -0.4 is 5.32 Å². The zero-order valence-electron chi connectivity index (χ0n) is 23.6. The first kappa shape index (κ1) is 32.8. The van der Waals surface area contributed by atoms with E-state index in [1.165, 1.54) is 21.0 Å². The Bertz CT molecular complexity index is 1220. The molecule has 6 atom stereocenters. The lowest BCUT2D eigenvalue weighted by atomic mass is 9.94. The summed E-state index contributed by atoms with van der Waals surface area (Å²) in [5.41, 5.74) is 1.13. The molecule has 0 unspecified atom stereocenters. The average molecular weight is 576 g/mol. The van der Waals surface area contributed by atoms with Crippen molar-refractivity contribution in [2.24, 2.45) is 0 Å². The molecule has 1 aliphatic heterocycles. The molecule has 2 rings (SSSR count). The minimum atomic E-state index is -1.33. The van der Waals surface area contributed by atoms with Gasteiger partial charge >= 0.3 is 29.8 Å². The molecule has 1 aromatic rings. The number of hydrogen-bond acceptors (Lipinski definition) is 12. The van der Waals surface area contributed by atoms with Gasteiger partial charge in [-0.3, -0.25) is 24.0 Å². The number of esters is 5. The summed E-state index contributed by atoms with van der Waals surface area (Å²) in [7, 11) is 1.21. The molecule has 1 aromatic carbocycles. The first-order valence-corrected chi connectivity index (χ1v) is 12.6. The Kier molecular flexibility index (Phi) is 12.3. The quantitative estimate of drug-likeness (QED) is 0.244. The third-order valence-corrected chi connectivity index (χ3v) is 5.58. The summed E-state index contributed by atoms with van der Waals surface area (Å²) in [6.07, 6.45) is -6.14. The molecule has 0 aromatic heterocycles. The largest absolute Gasteiger partial charge is 0.467 e. The molecule has 1 heterocycles. The summed E-state index contributed by atoms with van der Waals surface area (Å²) in [6.45, 7) is 5.48. The van der Waals surface area contributed by atoms with Crippen molar-refractivity contribution in [3.63, 3.8) is 0 Å². The molecule has 1 N–H and O–H groups in total. The maximum Gasteiger partial charge on any atom is 0.328 e. The van der Waals surface area contributed by atoms with Crippen LogP contribution in [0.2, 0.25) is 0 Å². The molecule has 0 radical (unpaired) electrons. The van der Waals surface area contributed by atoms with Gasteiger partial charge in [-0.2, -0.15) is 0 Å². The zero-order valence-corrected chi connectivity index (χ0v) is 23.6. The van der Waals surface area contributed by atoms with E-state index in [2.05, 4.69) is 17.2 Å². The Balaban J connectivity index is 2.47. The summed E-state index contributed by atoms with van der Waals surface area (Å²) >= 11 is 0. The number of carbonyl (C=O) groups is 6. The lowest BCUT2D eigenvalue weighted by Gasteiger charge is -2.42. The second-order valence-corrected chi connectivity index (χ2v) is 9.07. The Hall–Kier alpha value is -4.44. The minimum absolute atomic E-state index is 0.126. The van der Waals surface area contributed by atoms with Gasteiger partial charge < -0.3 is 33.7 Å². The highest BCUT2D eigenvalue weighted by Gasteiger charge is 2.51. The lowest BCUT2D eigenvalue weighted by Crippen LogP contribution is -2.62. The fraction of sp³-hybridized carbons (Fsp3) is 0.500. The van der Waals surface area contributed by atoms with E-state index >= 15 is 0 Å². The summed E-state index contributed by atoms with van der Waals surface area (Å²) in [4.78, 5) is 70.9. The Morgan fingerprint density at radius 3 is 2.05 bits per heavy atom. The molecule has 0 saturated carbocycles. The van der Waals surface area contributed by atoms with Crippen LogP contribution in [0.3, 0.4) is 0 Å². The van der Waals surface area contributed by atoms with Crippen LogP contribution >= 0.6 is 0 Å². The van der Waals surface area contributed by atoms with Gasteiger partial charge in [0.05, 0.1) is 7.11 Å². The van der Waals surface area contributed by atoms with Crippen molar-refractivity contribution in [3.8, 4) is 11.8 Å². The standard InChI is InChI=1S/C28H33NO12/c1-15(30)29-22(28(35)36-6)13-21-9-7-8-20(12-21)10-11-23-25(38-17(3)32)27(40-19(5)34)26(39-18(4)33)24(41-23)14-37-16(2)31/h7-9,12,22-27H,13-14H2,1-6H3,(H,29,30)/t22-,23+,24-,25-,26-,27-/m1/s1. The Morgan fingerprint density at radius 1 is 0.878 bits per heavy atom. The summed E-state index contributed by atoms with van der Waals surface area (Å²) in [5, 5.41) is 2.54. The number of ether oxygens (including phenoxy) is 6. The van der Waals surface area contributed by atoms with Gasteiger partial charge in [-0.15, -0.1) is 0 Å². The van der Waals surface area contributed by atoms with Crippen LogP contribution in [0.1, 0.15) is 45.7 Å². The molecule has 1 saturated heterocycles. The van der Waals surface area contributed by atoms with Crippen LogP contribution in [0.25, 0.3) is 0 Å². The number of carbonyl (C=O) groups excluding carboxylic acids is 6. The molecule has 222 valence electrons. The zero-order chi connectivity index (χ0) is 30.7. The van der Waals surface area contributed by atoms with Gasteiger partial charge in [0.2, 0.25) is 5.91 Å². The van der Waals surface area contributed by atoms with Gasteiger partial charge in [0.25, 0.3) is 0 Å². The second kappa shape index (κ2) is 15.4. The highest BCUT2D eigenvalue weighted by Crippen LogP contribution is 2.29. The number of benzene rings is 1. The predicted octanol–water partition coefficient (Wildman–Crippen LogP) is 0.384. The fourth-order valence-corrected chi connectivity index (χ4v) is 4.09. The van der Waals surface area contributed by atoms with Crippen molar-refractivity contribution in [2.75, 3.05) is 13.7 Å². The van der Waals surface area contributed by atoms with Crippen molar-refractivity contribution >= 4 is 35.8 Å². The van der Waals surface area contributed by atoms with E-state index in [1.807, 2.05) is 0 Å². The van der Waals surface area contributed by atoms with E-state index in [-0.39, 0.29) is 13.0 Å². The summed E-state index contributed by atoms with van der Waals surface area (Å²) in [5.74, 6) is 1.87. The molecule has 0 spiro atoms. The first-order chi connectivity index (χ1) is 19.3. The Labute approximate surface area is 237 Å². The highest BCUT2D eigenvalue weighted by molar-refractivity contribution is 5.83. The van der Waals surface area contributed by atoms with Gasteiger partial charge in [0.1, 0.15) is 18.8 Å². The molecule has 1 amide bonds. The van der Waals surface area contributed by atoms with Crippen LogP contribution in [-0.4, -0.2) is 86.0 Å². The maximum absolute atomic E-state index is 12.1. The van der Waals surface area contributed by atoms with Gasteiger partial charge in [-0.05, 0) is 17.7 Å². The summed E-state index contributed by atoms with van der Waals surface area (Å²) in [6, 6.07) is 5.86. The monoisotopic (exact) mass is 575 g/mol. The average Bonchev–Trinajstić information content (AvgIpc) is 2.87. The Morgan fingerprint density at radius 2 is 1.49 bits per heavy atom. The van der Waals surface area contributed by atoms with Gasteiger partial charge in [-0.25, -0.2) is 4.79 Å². The van der Waals surface area contributed by atoms with Gasteiger partial charge in [0.15, 0.2) is 24.4 Å².